The molecular weight excluding hydrogens is 254 g/mol. The molecule has 1 saturated heterocycles. The lowest BCUT2D eigenvalue weighted by atomic mass is 10.2. The molecule has 0 amide bonds. The molecule has 2 atom stereocenters. The van der Waals surface area contributed by atoms with Crippen LogP contribution in [0.25, 0.3) is 0 Å². The molecule has 1 N–H and O–H groups in total. The van der Waals surface area contributed by atoms with Gasteiger partial charge in [-0.15, -0.1) is 0 Å². The van der Waals surface area contributed by atoms with Crippen LogP contribution in [0.2, 0.25) is 0 Å². The van der Waals surface area contributed by atoms with Gasteiger partial charge in [0.25, 0.3) is 0 Å². The summed E-state index contributed by atoms with van der Waals surface area (Å²) < 4.78 is 3.76. The van der Waals surface area contributed by atoms with Crippen LogP contribution in [0.3, 0.4) is 0 Å². The summed E-state index contributed by atoms with van der Waals surface area (Å²) in [5.41, 5.74) is 0. The normalized spacial score (nSPS) is 21.4. The van der Waals surface area contributed by atoms with Crippen LogP contribution in [0.15, 0.2) is 36.9 Å². The molecule has 20 heavy (non-hydrogen) atoms. The van der Waals surface area contributed by atoms with E-state index in [-0.39, 0.29) is 6.10 Å². The summed E-state index contributed by atoms with van der Waals surface area (Å²) in [7, 11) is 0. The summed E-state index contributed by atoms with van der Waals surface area (Å²) >= 11 is 0. The Morgan fingerprint density at radius 1 is 1.10 bits per heavy atom. The van der Waals surface area contributed by atoms with Crippen molar-refractivity contribution in [3.05, 3.63) is 36.9 Å². The summed E-state index contributed by atoms with van der Waals surface area (Å²) in [4.78, 5) is 2.37. The fraction of sp³-hybridized carbons (Fsp3) is 0.571. The molecule has 0 saturated carbocycles. The SMILES string of the molecule is O[C@H](CN1CCC[C@@H]1Cn1cccn1)Cn1cccn1. The molecule has 0 unspecified atom stereocenters. The maximum Gasteiger partial charge on any atom is 0.0862 e. The van der Waals surface area contributed by atoms with Crippen molar-refractivity contribution in [3.8, 4) is 0 Å². The first-order chi connectivity index (χ1) is 9.81. The van der Waals surface area contributed by atoms with Crippen LogP contribution in [-0.2, 0) is 13.1 Å². The number of aliphatic hydroxyl groups is 1. The first kappa shape index (κ1) is 13.3. The second-order valence-electron chi connectivity index (χ2n) is 5.40. The summed E-state index contributed by atoms with van der Waals surface area (Å²) in [5, 5.41) is 18.6. The fourth-order valence-corrected chi connectivity index (χ4v) is 2.92. The number of aliphatic hydroxyl groups excluding tert-OH is 1. The van der Waals surface area contributed by atoms with Gasteiger partial charge in [-0.3, -0.25) is 14.3 Å². The molecule has 1 aliphatic heterocycles. The molecule has 2 aromatic rings. The lowest BCUT2D eigenvalue weighted by molar-refractivity contribution is 0.0847. The second kappa shape index (κ2) is 6.19. The fourth-order valence-electron chi connectivity index (χ4n) is 2.92. The molecule has 0 aromatic carbocycles. The Morgan fingerprint density at radius 3 is 2.55 bits per heavy atom. The van der Waals surface area contributed by atoms with Crippen LogP contribution < -0.4 is 0 Å². The van der Waals surface area contributed by atoms with Crippen LogP contribution in [-0.4, -0.2) is 54.8 Å². The van der Waals surface area contributed by atoms with Crippen molar-refractivity contribution >= 4 is 0 Å². The van der Waals surface area contributed by atoms with E-state index < -0.39 is 0 Å². The maximum absolute atomic E-state index is 10.2. The first-order valence-corrected chi connectivity index (χ1v) is 7.18. The van der Waals surface area contributed by atoms with Crippen LogP contribution >= 0.6 is 0 Å². The highest BCUT2D eigenvalue weighted by Crippen LogP contribution is 2.19. The predicted molar refractivity (Wildman–Crippen MR) is 75.1 cm³/mol. The van der Waals surface area contributed by atoms with Gasteiger partial charge in [-0.2, -0.15) is 10.2 Å². The van der Waals surface area contributed by atoms with Crippen LogP contribution in [0.5, 0.6) is 0 Å². The molecule has 0 aliphatic carbocycles. The molecule has 3 rings (SSSR count). The van der Waals surface area contributed by atoms with Gasteiger partial charge in [0, 0.05) is 37.4 Å². The van der Waals surface area contributed by atoms with E-state index in [1.165, 1.54) is 12.8 Å². The predicted octanol–water partition coefficient (Wildman–Crippen LogP) is 0.605. The quantitative estimate of drug-likeness (QED) is 0.839. The first-order valence-electron chi connectivity index (χ1n) is 7.18. The average molecular weight is 275 g/mol. The summed E-state index contributed by atoms with van der Waals surface area (Å²) in [5.74, 6) is 0. The van der Waals surface area contributed by atoms with E-state index >= 15 is 0 Å². The molecule has 1 aliphatic rings. The number of hydrogen-bond acceptors (Lipinski definition) is 4. The molecular formula is C14H21N5O. The second-order valence-corrected chi connectivity index (χ2v) is 5.40. The topological polar surface area (TPSA) is 59.1 Å². The van der Waals surface area contributed by atoms with Crippen molar-refractivity contribution in [1.29, 1.82) is 0 Å². The van der Waals surface area contributed by atoms with E-state index in [1.807, 2.05) is 35.4 Å². The number of hydrogen-bond donors (Lipinski definition) is 1. The van der Waals surface area contributed by atoms with Gasteiger partial charge in [0.1, 0.15) is 0 Å². The number of rotatable bonds is 6. The lowest BCUT2D eigenvalue weighted by Gasteiger charge is -2.26. The number of nitrogens with zero attached hydrogens (tertiary/aromatic N) is 5. The molecule has 2 aromatic heterocycles. The Balaban J connectivity index is 1.53. The molecule has 0 radical (unpaired) electrons. The Kier molecular flexibility index (Phi) is 4.13. The molecule has 108 valence electrons. The standard InChI is InChI=1S/C14H21N5O/c20-14(12-19-9-3-6-16-19)11-17-7-1-4-13(17)10-18-8-2-5-15-18/h2-3,5-6,8-9,13-14,20H,1,4,7,10-12H2/t13-,14-/m1/s1. The van der Waals surface area contributed by atoms with Gasteiger partial charge >= 0.3 is 0 Å². The largest absolute Gasteiger partial charge is 0.390 e. The zero-order valence-corrected chi connectivity index (χ0v) is 11.5. The van der Waals surface area contributed by atoms with Crippen LogP contribution in [0.4, 0.5) is 0 Å². The van der Waals surface area contributed by atoms with Gasteiger partial charge in [-0.05, 0) is 31.5 Å². The Morgan fingerprint density at radius 2 is 1.85 bits per heavy atom. The number of aromatic nitrogens is 4. The Labute approximate surface area is 118 Å². The molecule has 1 fully saturated rings. The van der Waals surface area contributed by atoms with Gasteiger partial charge in [-0.1, -0.05) is 0 Å². The molecule has 0 spiro atoms. The summed E-state index contributed by atoms with van der Waals surface area (Å²) in [6, 6.07) is 4.30. The monoisotopic (exact) mass is 275 g/mol. The molecule has 6 nitrogen and oxygen atoms in total. The maximum atomic E-state index is 10.2. The minimum Gasteiger partial charge on any atom is -0.390 e. The van der Waals surface area contributed by atoms with E-state index in [9.17, 15) is 5.11 Å². The average Bonchev–Trinajstić information content (AvgIpc) is 3.14. The Hall–Kier alpha value is -1.66. The number of β-amino-alcohol motifs (C(OH)–C–C–N with tert-alkyl or cyclic N) is 1. The third kappa shape index (κ3) is 3.26. The van der Waals surface area contributed by atoms with Crippen molar-refractivity contribution in [3.63, 3.8) is 0 Å². The van der Waals surface area contributed by atoms with Crippen molar-refractivity contribution in [2.24, 2.45) is 0 Å². The number of likely N-dealkylation sites (tertiary alicyclic amines) is 1. The highest BCUT2D eigenvalue weighted by molar-refractivity contribution is 4.85. The van der Waals surface area contributed by atoms with Crippen molar-refractivity contribution in [2.45, 2.75) is 38.1 Å². The third-order valence-electron chi connectivity index (χ3n) is 3.86. The van der Waals surface area contributed by atoms with E-state index in [1.54, 1.807) is 10.9 Å². The van der Waals surface area contributed by atoms with Crippen molar-refractivity contribution in [1.82, 2.24) is 24.5 Å². The van der Waals surface area contributed by atoms with E-state index in [0.29, 0.717) is 19.1 Å². The van der Waals surface area contributed by atoms with Crippen molar-refractivity contribution in [2.75, 3.05) is 13.1 Å². The van der Waals surface area contributed by atoms with Crippen LogP contribution in [0, 0.1) is 0 Å². The Bertz CT molecular complexity index is 496. The zero-order chi connectivity index (χ0) is 13.8. The molecule has 0 bridgehead atoms. The van der Waals surface area contributed by atoms with E-state index in [4.69, 9.17) is 0 Å². The lowest BCUT2D eigenvalue weighted by Crippen LogP contribution is -2.40. The van der Waals surface area contributed by atoms with E-state index in [0.717, 1.165) is 13.1 Å². The third-order valence-corrected chi connectivity index (χ3v) is 3.86. The molecule has 6 heteroatoms. The van der Waals surface area contributed by atoms with Gasteiger partial charge in [-0.25, -0.2) is 0 Å². The smallest absolute Gasteiger partial charge is 0.0862 e. The highest BCUT2D eigenvalue weighted by atomic mass is 16.3. The highest BCUT2D eigenvalue weighted by Gasteiger charge is 2.26. The van der Waals surface area contributed by atoms with Gasteiger partial charge in [0.15, 0.2) is 0 Å². The minimum atomic E-state index is -0.381. The van der Waals surface area contributed by atoms with E-state index in [2.05, 4.69) is 15.1 Å². The zero-order valence-electron chi connectivity index (χ0n) is 11.5. The van der Waals surface area contributed by atoms with Gasteiger partial charge in [0.05, 0.1) is 19.2 Å². The van der Waals surface area contributed by atoms with Crippen LogP contribution in [0.1, 0.15) is 12.8 Å². The van der Waals surface area contributed by atoms with Crippen molar-refractivity contribution < 1.29 is 5.11 Å². The van der Waals surface area contributed by atoms with Gasteiger partial charge < -0.3 is 5.11 Å². The summed E-state index contributed by atoms with van der Waals surface area (Å²) in [6.45, 7) is 3.22. The molecule has 3 heterocycles. The minimum absolute atomic E-state index is 0.381. The van der Waals surface area contributed by atoms with Gasteiger partial charge in [0.2, 0.25) is 0 Å². The summed E-state index contributed by atoms with van der Waals surface area (Å²) in [6.07, 6.45) is 9.42.